The first kappa shape index (κ1) is 20.5. The Hall–Kier alpha value is -3.81. The molecule has 1 atom stereocenters. The molecule has 0 aliphatic rings. The number of carbonyl (C=O) groups excluding carboxylic acids is 1. The number of benzene rings is 2. The second kappa shape index (κ2) is 8.14. The lowest BCUT2D eigenvalue weighted by molar-refractivity contribution is 0.0909. The molecule has 4 aromatic rings. The second-order valence-corrected chi connectivity index (χ2v) is 7.30. The molecule has 4 rings (SSSR count). The van der Waals surface area contributed by atoms with Crippen LogP contribution >= 0.6 is 0 Å². The molecule has 0 saturated heterocycles. The van der Waals surface area contributed by atoms with Crippen LogP contribution in [0.5, 0.6) is 0 Å². The van der Waals surface area contributed by atoms with E-state index in [0.717, 1.165) is 0 Å². The Bertz CT molecular complexity index is 1330. The molecule has 0 aliphatic carbocycles. The fourth-order valence-corrected chi connectivity index (χ4v) is 3.54. The van der Waals surface area contributed by atoms with E-state index in [-0.39, 0.29) is 17.7 Å². The molecule has 2 N–H and O–H groups in total. The van der Waals surface area contributed by atoms with E-state index >= 15 is 0 Å². The van der Waals surface area contributed by atoms with Crippen molar-refractivity contribution in [2.24, 2.45) is 0 Å². The number of nitrogens with one attached hydrogen (secondary N) is 2. The Labute approximate surface area is 175 Å². The maximum Gasteiger partial charge on any atom is 0.287 e. The van der Waals surface area contributed by atoms with Crippen molar-refractivity contribution in [3.63, 3.8) is 0 Å². The van der Waals surface area contributed by atoms with Crippen LogP contribution in [-0.4, -0.2) is 15.9 Å². The first-order valence-corrected chi connectivity index (χ1v) is 9.62. The molecule has 0 fully saturated rings. The monoisotopic (exact) mass is 423 g/mol. The standard InChI is InChI=1S/C23H19F2N3O3/c1-12-18-9-16(25)7-8-20(18)31-22(12)23(30)28-19(14-3-5-15(24)6-4-14)10-17-11-21(29)27-13(2)26-17/h3-9,11,19H,10H2,1-2H3,(H,28,30)(H,26,27,29). The molecule has 6 nitrogen and oxygen atoms in total. The summed E-state index contributed by atoms with van der Waals surface area (Å²) in [6.45, 7) is 3.34. The van der Waals surface area contributed by atoms with Gasteiger partial charge in [-0.05, 0) is 49.7 Å². The van der Waals surface area contributed by atoms with Crippen LogP contribution in [0.4, 0.5) is 8.78 Å². The van der Waals surface area contributed by atoms with Crippen molar-refractivity contribution in [2.45, 2.75) is 26.3 Å². The highest BCUT2D eigenvalue weighted by Crippen LogP contribution is 2.27. The Morgan fingerprint density at radius 2 is 1.81 bits per heavy atom. The van der Waals surface area contributed by atoms with E-state index in [1.807, 2.05) is 0 Å². The zero-order valence-electron chi connectivity index (χ0n) is 16.8. The molecule has 1 unspecified atom stereocenters. The van der Waals surface area contributed by atoms with E-state index in [9.17, 15) is 18.4 Å². The number of aromatic nitrogens is 2. The number of aryl methyl sites for hydroxylation is 2. The molecule has 0 saturated carbocycles. The Balaban J connectivity index is 1.68. The van der Waals surface area contributed by atoms with Crippen molar-refractivity contribution in [3.05, 3.63) is 98.9 Å². The van der Waals surface area contributed by atoms with Gasteiger partial charge in [-0.15, -0.1) is 0 Å². The third-order valence-corrected chi connectivity index (χ3v) is 5.01. The first-order valence-electron chi connectivity index (χ1n) is 9.62. The zero-order chi connectivity index (χ0) is 22.1. The highest BCUT2D eigenvalue weighted by atomic mass is 19.1. The molecule has 0 bridgehead atoms. The third kappa shape index (κ3) is 4.37. The predicted molar refractivity (Wildman–Crippen MR) is 111 cm³/mol. The van der Waals surface area contributed by atoms with E-state index in [0.29, 0.717) is 33.6 Å². The minimum Gasteiger partial charge on any atom is -0.451 e. The van der Waals surface area contributed by atoms with Gasteiger partial charge in [0.2, 0.25) is 0 Å². The van der Waals surface area contributed by atoms with Gasteiger partial charge in [0, 0.05) is 23.4 Å². The number of fused-ring (bicyclic) bond motifs is 1. The van der Waals surface area contributed by atoms with Crippen LogP contribution in [0.1, 0.15) is 39.2 Å². The molecule has 2 heterocycles. The summed E-state index contributed by atoms with van der Waals surface area (Å²) in [5, 5.41) is 3.38. The summed E-state index contributed by atoms with van der Waals surface area (Å²) in [5.74, 6) is -0.841. The van der Waals surface area contributed by atoms with Gasteiger partial charge < -0.3 is 14.7 Å². The Kier molecular flexibility index (Phi) is 5.37. The summed E-state index contributed by atoms with van der Waals surface area (Å²) in [4.78, 5) is 31.7. The van der Waals surface area contributed by atoms with Crippen LogP contribution in [0, 0.1) is 25.5 Å². The number of aromatic amines is 1. The summed E-state index contributed by atoms with van der Waals surface area (Å²) in [7, 11) is 0. The number of halogens is 2. The van der Waals surface area contributed by atoms with Gasteiger partial charge in [0.05, 0.1) is 11.7 Å². The topological polar surface area (TPSA) is 88.0 Å². The quantitative estimate of drug-likeness (QED) is 0.505. The zero-order valence-corrected chi connectivity index (χ0v) is 16.8. The number of hydrogen-bond donors (Lipinski definition) is 2. The van der Waals surface area contributed by atoms with Crippen LogP contribution in [0.2, 0.25) is 0 Å². The van der Waals surface area contributed by atoms with Gasteiger partial charge in [-0.25, -0.2) is 13.8 Å². The first-order chi connectivity index (χ1) is 14.8. The number of rotatable bonds is 5. The van der Waals surface area contributed by atoms with Gasteiger partial charge >= 0.3 is 0 Å². The average Bonchev–Trinajstić information content (AvgIpc) is 3.03. The summed E-state index contributed by atoms with van der Waals surface area (Å²) in [6.07, 6.45) is 0.204. The largest absolute Gasteiger partial charge is 0.451 e. The number of nitrogens with zero attached hydrogens (tertiary/aromatic N) is 1. The number of carbonyl (C=O) groups is 1. The third-order valence-electron chi connectivity index (χ3n) is 5.01. The van der Waals surface area contributed by atoms with Crippen molar-refractivity contribution in [1.82, 2.24) is 15.3 Å². The van der Waals surface area contributed by atoms with Crippen molar-refractivity contribution >= 4 is 16.9 Å². The van der Waals surface area contributed by atoms with Crippen LogP contribution in [0.25, 0.3) is 11.0 Å². The van der Waals surface area contributed by atoms with Gasteiger partial charge in [-0.3, -0.25) is 9.59 Å². The molecule has 1 amide bonds. The molecular formula is C23H19F2N3O3. The summed E-state index contributed by atoms with van der Waals surface area (Å²) < 4.78 is 32.7. The summed E-state index contributed by atoms with van der Waals surface area (Å²) >= 11 is 0. The SMILES string of the molecule is Cc1nc(CC(NC(=O)c2oc3ccc(F)cc3c2C)c2ccc(F)cc2)cc(=O)[nH]1. The molecule has 31 heavy (non-hydrogen) atoms. The summed E-state index contributed by atoms with van der Waals surface area (Å²) in [6, 6.07) is 10.5. The maximum atomic E-state index is 13.6. The van der Waals surface area contributed by atoms with Crippen LogP contribution < -0.4 is 10.9 Å². The lowest BCUT2D eigenvalue weighted by Crippen LogP contribution is -2.30. The average molecular weight is 423 g/mol. The van der Waals surface area contributed by atoms with Gasteiger partial charge in [0.15, 0.2) is 5.76 Å². The Morgan fingerprint density at radius 1 is 1.10 bits per heavy atom. The van der Waals surface area contributed by atoms with Crippen molar-refractivity contribution < 1.29 is 18.0 Å². The fraction of sp³-hybridized carbons (Fsp3) is 0.174. The molecule has 2 aromatic heterocycles. The minimum absolute atomic E-state index is 0.0581. The maximum absolute atomic E-state index is 13.6. The highest BCUT2D eigenvalue weighted by molar-refractivity contribution is 5.99. The van der Waals surface area contributed by atoms with E-state index in [1.54, 1.807) is 26.0 Å². The van der Waals surface area contributed by atoms with E-state index in [2.05, 4.69) is 15.3 Å². The van der Waals surface area contributed by atoms with E-state index in [4.69, 9.17) is 4.42 Å². The van der Waals surface area contributed by atoms with Gasteiger partial charge in [0.1, 0.15) is 23.0 Å². The van der Waals surface area contributed by atoms with Crippen molar-refractivity contribution in [2.75, 3.05) is 0 Å². The molecule has 158 valence electrons. The fourth-order valence-electron chi connectivity index (χ4n) is 3.54. The van der Waals surface area contributed by atoms with Crippen molar-refractivity contribution in [3.8, 4) is 0 Å². The van der Waals surface area contributed by atoms with Gasteiger partial charge in [-0.2, -0.15) is 0 Å². The number of amides is 1. The number of H-pyrrole nitrogens is 1. The molecule has 0 aliphatic heterocycles. The lowest BCUT2D eigenvalue weighted by Gasteiger charge is -2.19. The van der Waals surface area contributed by atoms with Gasteiger partial charge in [-0.1, -0.05) is 12.1 Å². The van der Waals surface area contributed by atoms with E-state index in [1.165, 1.54) is 36.4 Å². The highest BCUT2D eigenvalue weighted by Gasteiger charge is 2.23. The van der Waals surface area contributed by atoms with Crippen LogP contribution in [0.3, 0.4) is 0 Å². The second-order valence-electron chi connectivity index (χ2n) is 7.30. The normalized spacial score (nSPS) is 12.1. The molecule has 2 aromatic carbocycles. The van der Waals surface area contributed by atoms with Crippen LogP contribution in [0.15, 0.2) is 57.7 Å². The number of hydrogen-bond acceptors (Lipinski definition) is 4. The molecule has 8 heteroatoms. The molecular weight excluding hydrogens is 404 g/mol. The predicted octanol–water partition coefficient (Wildman–Crippen LogP) is 4.12. The smallest absolute Gasteiger partial charge is 0.287 e. The van der Waals surface area contributed by atoms with E-state index < -0.39 is 23.6 Å². The number of furan rings is 1. The molecule has 0 spiro atoms. The van der Waals surface area contributed by atoms with Gasteiger partial charge in [0.25, 0.3) is 11.5 Å². The van der Waals surface area contributed by atoms with Crippen LogP contribution in [-0.2, 0) is 6.42 Å². The van der Waals surface area contributed by atoms with Crippen molar-refractivity contribution in [1.29, 1.82) is 0 Å². The lowest BCUT2D eigenvalue weighted by atomic mass is 10.0. The minimum atomic E-state index is -0.605. The summed E-state index contributed by atoms with van der Waals surface area (Å²) in [5.41, 5.74) is 1.71. The molecule has 0 radical (unpaired) electrons. The Morgan fingerprint density at radius 3 is 2.52 bits per heavy atom.